The van der Waals surface area contributed by atoms with E-state index in [9.17, 15) is 4.79 Å². The summed E-state index contributed by atoms with van der Waals surface area (Å²) in [6, 6.07) is 0. The molecule has 0 rings (SSSR count). The molecule has 0 aliphatic heterocycles. The largest absolute Gasteiger partial charge is 0.469 e. The van der Waals surface area contributed by atoms with E-state index >= 15 is 0 Å². The summed E-state index contributed by atoms with van der Waals surface area (Å²) in [5, 5.41) is 0. The van der Waals surface area contributed by atoms with E-state index < -0.39 is 0 Å². The summed E-state index contributed by atoms with van der Waals surface area (Å²) < 4.78 is 4.79. The normalized spacial score (nSPS) is 13.4. The van der Waals surface area contributed by atoms with Crippen molar-refractivity contribution in [2.45, 2.75) is 27.2 Å². The monoisotopic (exact) mass is 201 g/mol. The number of carbonyl (C=O) groups is 1. The summed E-state index contributed by atoms with van der Waals surface area (Å²) in [4.78, 5) is 13.6. The minimum Gasteiger partial charge on any atom is -0.469 e. The number of hydrogen-bond acceptors (Lipinski definition) is 3. The summed E-state index contributed by atoms with van der Waals surface area (Å²) in [5.74, 6) is 0.237. The maximum Gasteiger partial charge on any atom is 0.310 e. The molecule has 0 aromatic heterocycles. The second-order valence-corrected chi connectivity index (χ2v) is 4.14. The zero-order valence-corrected chi connectivity index (χ0v) is 10.0. The van der Waals surface area contributed by atoms with E-state index in [1.54, 1.807) is 0 Å². The van der Waals surface area contributed by atoms with Gasteiger partial charge in [0.05, 0.1) is 13.0 Å². The smallest absolute Gasteiger partial charge is 0.310 e. The fraction of sp³-hybridized carbons (Fsp3) is 0.909. The molecule has 1 atom stereocenters. The van der Waals surface area contributed by atoms with Gasteiger partial charge in [-0.2, -0.15) is 0 Å². The van der Waals surface area contributed by atoms with Crippen LogP contribution in [0.4, 0.5) is 0 Å². The van der Waals surface area contributed by atoms with Gasteiger partial charge in [0, 0.05) is 6.54 Å². The topological polar surface area (TPSA) is 29.5 Å². The summed E-state index contributed by atoms with van der Waals surface area (Å²) in [7, 11) is 3.50. The zero-order chi connectivity index (χ0) is 11.1. The summed E-state index contributed by atoms with van der Waals surface area (Å²) in [6.07, 6.45) is 1.11. The predicted octanol–water partition coefficient (Wildman–Crippen LogP) is 1.77. The van der Waals surface area contributed by atoms with Crippen LogP contribution in [0.2, 0.25) is 0 Å². The molecule has 3 heteroatoms. The van der Waals surface area contributed by atoms with Crippen LogP contribution in [-0.4, -0.2) is 38.1 Å². The molecule has 0 heterocycles. The molecule has 1 unspecified atom stereocenters. The Morgan fingerprint density at radius 1 is 1.43 bits per heavy atom. The van der Waals surface area contributed by atoms with E-state index in [4.69, 9.17) is 4.74 Å². The molecule has 0 aromatic carbocycles. The Bertz CT molecular complexity index is 169. The molecule has 3 nitrogen and oxygen atoms in total. The molecule has 0 N–H and O–H groups in total. The van der Waals surface area contributed by atoms with E-state index in [1.807, 2.05) is 7.05 Å². The molecule has 0 amide bonds. The molecule has 0 bridgehead atoms. The number of esters is 1. The number of nitrogens with zero attached hydrogens (tertiary/aromatic N) is 1. The Balaban J connectivity index is 4.16. The van der Waals surface area contributed by atoms with Crippen LogP contribution in [0.5, 0.6) is 0 Å². The molecular formula is C11H23NO2. The average Bonchev–Trinajstić information content (AvgIpc) is 2.13. The van der Waals surface area contributed by atoms with Crippen LogP contribution in [0.25, 0.3) is 0 Å². The van der Waals surface area contributed by atoms with E-state index in [1.165, 1.54) is 7.11 Å². The van der Waals surface area contributed by atoms with Gasteiger partial charge < -0.3 is 9.64 Å². The Kier molecular flexibility index (Phi) is 6.54. The fourth-order valence-corrected chi connectivity index (χ4v) is 1.52. The molecule has 0 radical (unpaired) electrons. The lowest BCUT2D eigenvalue weighted by Gasteiger charge is -2.24. The van der Waals surface area contributed by atoms with Crippen molar-refractivity contribution in [1.82, 2.24) is 4.90 Å². The molecule has 84 valence electrons. The van der Waals surface area contributed by atoms with Crippen LogP contribution in [0.1, 0.15) is 27.2 Å². The van der Waals surface area contributed by atoms with Gasteiger partial charge in [-0.1, -0.05) is 20.8 Å². The van der Waals surface area contributed by atoms with Gasteiger partial charge in [0.15, 0.2) is 0 Å². The number of carbonyl (C=O) groups excluding carboxylic acids is 1. The van der Waals surface area contributed by atoms with Crippen LogP contribution in [0.3, 0.4) is 0 Å². The Hall–Kier alpha value is -0.570. The number of methoxy groups -OCH3 is 1. The quantitative estimate of drug-likeness (QED) is 0.613. The first-order valence-corrected chi connectivity index (χ1v) is 5.29. The molecule has 0 aliphatic carbocycles. The molecule has 0 saturated heterocycles. The second-order valence-electron chi connectivity index (χ2n) is 4.14. The van der Waals surface area contributed by atoms with Crippen LogP contribution in [0.15, 0.2) is 0 Å². The lowest BCUT2D eigenvalue weighted by molar-refractivity contribution is -0.147. The predicted molar refractivity (Wildman–Crippen MR) is 58.1 cm³/mol. The van der Waals surface area contributed by atoms with Gasteiger partial charge in [-0.25, -0.2) is 0 Å². The van der Waals surface area contributed by atoms with E-state index in [0.29, 0.717) is 5.92 Å². The first kappa shape index (κ1) is 13.4. The van der Waals surface area contributed by atoms with Crippen molar-refractivity contribution >= 4 is 5.97 Å². The van der Waals surface area contributed by atoms with Crippen LogP contribution in [0, 0.1) is 11.8 Å². The van der Waals surface area contributed by atoms with Crippen LogP contribution in [-0.2, 0) is 9.53 Å². The maximum absolute atomic E-state index is 11.4. The lowest BCUT2D eigenvalue weighted by atomic mass is 9.95. The zero-order valence-electron chi connectivity index (χ0n) is 10.0. The molecular weight excluding hydrogens is 178 g/mol. The van der Waals surface area contributed by atoms with Crippen molar-refractivity contribution in [2.24, 2.45) is 11.8 Å². The Labute approximate surface area is 87.4 Å². The van der Waals surface area contributed by atoms with Gasteiger partial charge in [-0.05, 0) is 25.9 Å². The first-order valence-electron chi connectivity index (χ1n) is 5.29. The summed E-state index contributed by atoms with van der Waals surface area (Å²) in [6.45, 7) is 8.07. The SMILES string of the molecule is CCCN(C)CC(C(=O)OC)C(C)C. The first-order chi connectivity index (χ1) is 6.52. The van der Waals surface area contributed by atoms with Gasteiger partial charge >= 0.3 is 5.97 Å². The third-order valence-electron chi connectivity index (χ3n) is 2.42. The minimum atomic E-state index is -0.0945. The van der Waals surface area contributed by atoms with Crippen LogP contribution >= 0.6 is 0 Å². The third kappa shape index (κ3) is 4.61. The molecule has 0 aliphatic rings. The van der Waals surface area contributed by atoms with Gasteiger partial charge in [-0.3, -0.25) is 4.79 Å². The maximum atomic E-state index is 11.4. The van der Waals surface area contributed by atoms with E-state index in [2.05, 4.69) is 25.7 Å². The number of hydrogen-bond donors (Lipinski definition) is 0. The van der Waals surface area contributed by atoms with Crippen molar-refractivity contribution in [2.75, 3.05) is 27.2 Å². The van der Waals surface area contributed by atoms with Crippen molar-refractivity contribution in [3.63, 3.8) is 0 Å². The Morgan fingerprint density at radius 3 is 2.36 bits per heavy atom. The van der Waals surface area contributed by atoms with E-state index in [0.717, 1.165) is 19.5 Å². The van der Waals surface area contributed by atoms with Gasteiger partial charge in [0.1, 0.15) is 0 Å². The highest BCUT2D eigenvalue weighted by Crippen LogP contribution is 2.13. The molecule has 0 aromatic rings. The standard InChI is InChI=1S/C11H23NO2/c1-6-7-12(4)8-10(9(2)3)11(13)14-5/h9-10H,6-8H2,1-5H3. The van der Waals surface area contributed by atoms with Gasteiger partial charge in [0.25, 0.3) is 0 Å². The molecule has 0 spiro atoms. The summed E-state index contributed by atoms with van der Waals surface area (Å²) >= 11 is 0. The molecule has 0 saturated carbocycles. The number of ether oxygens (including phenoxy) is 1. The van der Waals surface area contributed by atoms with Gasteiger partial charge in [0.2, 0.25) is 0 Å². The Morgan fingerprint density at radius 2 is 2.00 bits per heavy atom. The highest BCUT2D eigenvalue weighted by molar-refractivity contribution is 5.72. The van der Waals surface area contributed by atoms with Crippen molar-refractivity contribution in [3.8, 4) is 0 Å². The van der Waals surface area contributed by atoms with Crippen molar-refractivity contribution in [3.05, 3.63) is 0 Å². The van der Waals surface area contributed by atoms with Crippen molar-refractivity contribution < 1.29 is 9.53 Å². The minimum absolute atomic E-state index is 0.00319. The number of rotatable bonds is 6. The average molecular weight is 201 g/mol. The van der Waals surface area contributed by atoms with E-state index in [-0.39, 0.29) is 11.9 Å². The molecule has 0 fully saturated rings. The highest BCUT2D eigenvalue weighted by Gasteiger charge is 2.23. The molecule has 14 heavy (non-hydrogen) atoms. The van der Waals surface area contributed by atoms with Crippen LogP contribution < -0.4 is 0 Å². The fourth-order valence-electron chi connectivity index (χ4n) is 1.52. The third-order valence-corrected chi connectivity index (χ3v) is 2.42. The second kappa shape index (κ2) is 6.82. The highest BCUT2D eigenvalue weighted by atomic mass is 16.5. The van der Waals surface area contributed by atoms with Gasteiger partial charge in [-0.15, -0.1) is 0 Å². The lowest BCUT2D eigenvalue weighted by Crippen LogP contribution is -2.34. The summed E-state index contributed by atoms with van der Waals surface area (Å²) in [5.41, 5.74) is 0. The van der Waals surface area contributed by atoms with Crippen molar-refractivity contribution in [1.29, 1.82) is 0 Å².